The highest BCUT2D eigenvalue weighted by molar-refractivity contribution is 7.19. The molecule has 3 rings (SSSR count). The van der Waals surface area contributed by atoms with Crippen LogP contribution in [0, 0.1) is 13.8 Å². The minimum absolute atomic E-state index is 0.120. The normalized spacial score (nSPS) is 11.2. The van der Waals surface area contributed by atoms with E-state index in [2.05, 4.69) is 10.1 Å². The van der Waals surface area contributed by atoms with Crippen molar-refractivity contribution >= 4 is 27.2 Å². The Hall–Kier alpha value is -2.15. The number of thiophene rings is 1. The van der Waals surface area contributed by atoms with Crippen molar-refractivity contribution in [2.45, 2.75) is 13.8 Å². The van der Waals surface area contributed by atoms with Crippen LogP contribution in [0.3, 0.4) is 0 Å². The summed E-state index contributed by atoms with van der Waals surface area (Å²) in [5.41, 5.74) is 6.42. The quantitative estimate of drug-likeness (QED) is 0.722. The van der Waals surface area contributed by atoms with Crippen molar-refractivity contribution in [3.8, 4) is 11.7 Å². The molecule has 7 heteroatoms. The van der Waals surface area contributed by atoms with Gasteiger partial charge in [0.25, 0.3) is 5.89 Å². The number of aryl methyl sites for hydroxylation is 2. The summed E-state index contributed by atoms with van der Waals surface area (Å²) in [6, 6.07) is 1.65. The minimum atomic E-state index is -0.508. The molecule has 18 heavy (non-hydrogen) atoms. The molecular weight excluding hydrogens is 254 g/mol. The van der Waals surface area contributed by atoms with Crippen LogP contribution in [0.1, 0.15) is 10.6 Å². The van der Waals surface area contributed by atoms with Gasteiger partial charge in [0, 0.05) is 10.9 Å². The van der Waals surface area contributed by atoms with Gasteiger partial charge in [0.1, 0.15) is 10.2 Å². The first-order chi connectivity index (χ1) is 8.56. The Morgan fingerprint density at radius 1 is 1.39 bits per heavy atom. The van der Waals surface area contributed by atoms with Crippen molar-refractivity contribution < 1.29 is 8.94 Å². The first-order valence-corrected chi connectivity index (χ1v) is 6.01. The molecule has 6 nitrogen and oxygen atoms in total. The average molecular weight is 263 g/mol. The molecule has 3 aromatic rings. The lowest BCUT2D eigenvalue weighted by atomic mass is 10.3. The molecule has 0 aromatic carbocycles. The lowest BCUT2D eigenvalue weighted by molar-refractivity contribution is 0.404. The summed E-state index contributed by atoms with van der Waals surface area (Å²) < 4.78 is 10.1. The van der Waals surface area contributed by atoms with Crippen molar-refractivity contribution in [2.24, 2.45) is 0 Å². The van der Waals surface area contributed by atoms with E-state index < -0.39 is 5.63 Å². The average Bonchev–Trinajstić information content (AvgIpc) is 2.85. The number of rotatable bonds is 1. The summed E-state index contributed by atoms with van der Waals surface area (Å²) in [6.45, 7) is 3.61. The van der Waals surface area contributed by atoms with Gasteiger partial charge in [0.15, 0.2) is 0 Å². The molecule has 0 saturated carbocycles. The summed E-state index contributed by atoms with van der Waals surface area (Å²) in [7, 11) is 0. The summed E-state index contributed by atoms with van der Waals surface area (Å²) in [6.07, 6.45) is 0. The smallest absolute Gasteiger partial charge is 0.350 e. The maximum atomic E-state index is 11.9. The van der Waals surface area contributed by atoms with Crippen molar-refractivity contribution in [3.63, 3.8) is 0 Å². The Balaban J connectivity index is 2.31. The van der Waals surface area contributed by atoms with Gasteiger partial charge in [-0.25, -0.2) is 4.79 Å². The molecule has 0 unspecified atom stereocenters. The summed E-state index contributed by atoms with van der Waals surface area (Å²) in [5, 5.41) is 4.06. The second-order valence-corrected chi connectivity index (χ2v) is 5.09. The molecule has 3 aromatic heterocycles. The van der Waals surface area contributed by atoms with Gasteiger partial charge in [-0.3, -0.25) is 0 Å². The molecule has 0 aliphatic heterocycles. The SMILES string of the molecule is Cc1cc(-c2nc3sc(C)c(N)c3c(=O)o2)on1. The molecular formula is C11H9N3O3S. The number of aromatic nitrogens is 2. The van der Waals surface area contributed by atoms with Gasteiger partial charge >= 0.3 is 5.63 Å². The fraction of sp³-hybridized carbons (Fsp3) is 0.182. The molecule has 0 aliphatic carbocycles. The highest BCUT2D eigenvalue weighted by Crippen LogP contribution is 2.30. The van der Waals surface area contributed by atoms with Crippen molar-refractivity contribution in [3.05, 3.63) is 27.1 Å². The van der Waals surface area contributed by atoms with Crippen LogP contribution in [-0.4, -0.2) is 10.1 Å². The molecule has 3 heterocycles. The molecule has 0 saturated heterocycles. The van der Waals surface area contributed by atoms with E-state index in [1.165, 1.54) is 11.3 Å². The maximum Gasteiger partial charge on any atom is 0.350 e. The number of anilines is 1. The highest BCUT2D eigenvalue weighted by Gasteiger charge is 2.17. The first-order valence-electron chi connectivity index (χ1n) is 5.19. The van der Waals surface area contributed by atoms with Crippen LogP contribution in [0.15, 0.2) is 19.8 Å². The van der Waals surface area contributed by atoms with E-state index in [0.717, 1.165) is 4.88 Å². The molecule has 0 radical (unpaired) electrons. The van der Waals surface area contributed by atoms with Crippen LogP contribution in [0.2, 0.25) is 0 Å². The van der Waals surface area contributed by atoms with Crippen molar-refractivity contribution in [1.82, 2.24) is 10.1 Å². The van der Waals surface area contributed by atoms with Crippen LogP contribution >= 0.6 is 11.3 Å². The summed E-state index contributed by atoms with van der Waals surface area (Å²) in [4.78, 5) is 17.5. The van der Waals surface area contributed by atoms with Crippen LogP contribution < -0.4 is 11.4 Å². The Morgan fingerprint density at radius 3 is 2.83 bits per heavy atom. The fourth-order valence-electron chi connectivity index (χ4n) is 1.64. The van der Waals surface area contributed by atoms with E-state index in [-0.39, 0.29) is 5.89 Å². The first kappa shape index (κ1) is 11.0. The number of hydrogen-bond donors (Lipinski definition) is 1. The van der Waals surface area contributed by atoms with E-state index in [4.69, 9.17) is 14.7 Å². The van der Waals surface area contributed by atoms with Gasteiger partial charge in [-0.1, -0.05) is 5.16 Å². The molecule has 0 aliphatic rings. The summed E-state index contributed by atoms with van der Waals surface area (Å²) in [5.74, 6) is 0.450. The Labute approximate surface area is 105 Å². The van der Waals surface area contributed by atoms with Gasteiger partial charge in [0.2, 0.25) is 5.76 Å². The third-order valence-electron chi connectivity index (χ3n) is 2.55. The number of nitrogen functional groups attached to an aromatic ring is 1. The molecule has 2 N–H and O–H groups in total. The van der Waals surface area contributed by atoms with Gasteiger partial charge in [-0.15, -0.1) is 11.3 Å². The maximum absolute atomic E-state index is 11.9. The molecule has 0 bridgehead atoms. The number of hydrogen-bond acceptors (Lipinski definition) is 7. The Bertz CT molecular complexity index is 800. The fourth-order valence-corrected chi connectivity index (χ4v) is 2.57. The zero-order valence-electron chi connectivity index (χ0n) is 9.68. The van der Waals surface area contributed by atoms with Gasteiger partial charge in [0.05, 0.1) is 11.4 Å². The van der Waals surface area contributed by atoms with E-state index in [1.807, 2.05) is 6.92 Å². The summed E-state index contributed by atoms with van der Waals surface area (Å²) >= 11 is 1.35. The second kappa shape index (κ2) is 3.67. The topological polar surface area (TPSA) is 95.2 Å². The van der Waals surface area contributed by atoms with Crippen LogP contribution in [0.4, 0.5) is 5.69 Å². The highest BCUT2D eigenvalue weighted by atomic mass is 32.1. The number of nitrogens with zero attached hydrogens (tertiary/aromatic N) is 2. The third-order valence-corrected chi connectivity index (χ3v) is 3.56. The van der Waals surface area contributed by atoms with E-state index in [0.29, 0.717) is 27.4 Å². The van der Waals surface area contributed by atoms with E-state index in [9.17, 15) is 4.79 Å². The van der Waals surface area contributed by atoms with Crippen LogP contribution in [0.5, 0.6) is 0 Å². The molecule has 0 spiro atoms. The molecule has 92 valence electrons. The minimum Gasteiger partial charge on any atom is -0.399 e. The van der Waals surface area contributed by atoms with Gasteiger partial charge in [-0.05, 0) is 13.8 Å². The standard InChI is InChI=1S/C11H9N3O3S/c1-4-3-6(17-14-4)9-13-10-7(11(15)16-9)8(12)5(2)18-10/h3H,12H2,1-2H3. The van der Waals surface area contributed by atoms with Crippen molar-refractivity contribution in [2.75, 3.05) is 5.73 Å². The predicted molar refractivity (Wildman–Crippen MR) is 67.5 cm³/mol. The monoisotopic (exact) mass is 263 g/mol. The van der Waals surface area contributed by atoms with Gasteiger partial charge < -0.3 is 14.7 Å². The van der Waals surface area contributed by atoms with E-state index in [1.54, 1.807) is 13.0 Å². The lowest BCUT2D eigenvalue weighted by Crippen LogP contribution is -2.03. The van der Waals surface area contributed by atoms with Gasteiger partial charge in [-0.2, -0.15) is 4.98 Å². The van der Waals surface area contributed by atoms with Crippen molar-refractivity contribution in [1.29, 1.82) is 0 Å². The van der Waals surface area contributed by atoms with Crippen LogP contribution in [-0.2, 0) is 0 Å². The second-order valence-electron chi connectivity index (χ2n) is 3.89. The third kappa shape index (κ3) is 1.52. The zero-order valence-corrected chi connectivity index (χ0v) is 10.5. The molecule has 0 atom stereocenters. The molecule has 0 amide bonds. The Morgan fingerprint density at radius 2 is 2.17 bits per heavy atom. The Kier molecular flexibility index (Phi) is 2.24. The molecule has 0 fully saturated rings. The largest absolute Gasteiger partial charge is 0.399 e. The van der Waals surface area contributed by atoms with E-state index >= 15 is 0 Å². The number of fused-ring (bicyclic) bond motifs is 1. The number of nitrogens with two attached hydrogens (primary N) is 1. The zero-order chi connectivity index (χ0) is 12.9. The van der Waals surface area contributed by atoms with Crippen LogP contribution in [0.25, 0.3) is 21.9 Å². The predicted octanol–water partition coefficient (Wildman–Crippen LogP) is 2.10. The lowest BCUT2D eigenvalue weighted by Gasteiger charge is -1.94.